The predicted octanol–water partition coefficient (Wildman–Crippen LogP) is 4.10. The summed E-state index contributed by atoms with van der Waals surface area (Å²) in [6.45, 7) is 5.36. The summed E-state index contributed by atoms with van der Waals surface area (Å²) in [5.74, 6) is 1.66. The summed E-state index contributed by atoms with van der Waals surface area (Å²) in [7, 11) is 1.98. The van der Waals surface area contributed by atoms with Crippen LogP contribution in [0, 0.1) is 5.92 Å². The van der Waals surface area contributed by atoms with Gasteiger partial charge in [-0.3, -0.25) is 0 Å². The van der Waals surface area contributed by atoms with E-state index in [1.54, 1.807) is 0 Å². The minimum atomic E-state index is 0.357. The fraction of sp³-hybridized carbons (Fsp3) is 0.722. The standard InChI is InChI=1S/C18H30N2O/c1-4-7-16-10-15(13-19-3)12-18(20-16)21-17-9-6-8-14(5-2)11-17/h10,12,14,17,19H,4-9,11,13H2,1-3H3. The SMILES string of the molecule is CCCc1cc(CNC)cc(OC2CCCC(CC)C2)n1. The number of aromatic nitrogens is 1. The maximum atomic E-state index is 6.22. The van der Waals surface area contributed by atoms with E-state index in [4.69, 9.17) is 9.72 Å². The van der Waals surface area contributed by atoms with E-state index in [0.717, 1.165) is 36.9 Å². The van der Waals surface area contributed by atoms with Crippen LogP contribution >= 0.6 is 0 Å². The first kappa shape index (κ1) is 16.3. The van der Waals surface area contributed by atoms with E-state index >= 15 is 0 Å². The molecule has 1 N–H and O–H groups in total. The minimum absolute atomic E-state index is 0.357. The molecule has 0 aromatic carbocycles. The van der Waals surface area contributed by atoms with Gasteiger partial charge in [0.25, 0.3) is 0 Å². The van der Waals surface area contributed by atoms with Gasteiger partial charge in [0.1, 0.15) is 6.10 Å². The van der Waals surface area contributed by atoms with E-state index in [2.05, 4.69) is 31.3 Å². The molecular formula is C18H30N2O. The molecule has 0 amide bonds. The Bertz CT molecular complexity index is 409. The molecule has 0 aliphatic heterocycles. The van der Waals surface area contributed by atoms with Crippen LogP contribution in [0.5, 0.6) is 5.88 Å². The third-order valence-corrected chi connectivity index (χ3v) is 4.40. The van der Waals surface area contributed by atoms with Crippen molar-refractivity contribution in [2.45, 2.75) is 71.4 Å². The van der Waals surface area contributed by atoms with Crippen LogP contribution in [-0.2, 0) is 13.0 Å². The molecule has 1 saturated carbocycles. The van der Waals surface area contributed by atoms with Gasteiger partial charge in [0.15, 0.2) is 0 Å². The lowest BCUT2D eigenvalue weighted by Crippen LogP contribution is -2.25. The van der Waals surface area contributed by atoms with Crippen LogP contribution in [0.2, 0.25) is 0 Å². The van der Waals surface area contributed by atoms with Crippen molar-refractivity contribution >= 4 is 0 Å². The molecule has 1 aliphatic rings. The summed E-state index contributed by atoms with van der Waals surface area (Å²) in [6.07, 6.45) is 8.80. The highest BCUT2D eigenvalue weighted by atomic mass is 16.5. The van der Waals surface area contributed by atoms with Crippen molar-refractivity contribution in [2.75, 3.05) is 7.05 Å². The fourth-order valence-electron chi connectivity index (χ4n) is 3.26. The summed E-state index contributed by atoms with van der Waals surface area (Å²) >= 11 is 0. The van der Waals surface area contributed by atoms with Crippen molar-refractivity contribution < 1.29 is 4.74 Å². The molecule has 1 aliphatic carbocycles. The smallest absolute Gasteiger partial charge is 0.214 e. The molecule has 0 radical (unpaired) electrons. The number of nitrogens with one attached hydrogen (secondary N) is 1. The van der Waals surface area contributed by atoms with Crippen LogP contribution in [0.3, 0.4) is 0 Å². The molecule has 1 aromatic heterocycles. The number of ether oxygens (including phenoxy) is 1. The van der Waals surface area contributed by atoms with Crippen LogP contribution in [0.25, 0.3) is 0 Å². The molecule has 3 nitrogen and oxygen atoms in total. The topological polar surface area (TPSA) is 34.1 Å². The second-order valence-corrected chi connectivity index (χ2v) is 6.27. The van der Waals surface area contributed by atoms with Crippen molar-refractivity contribution in [1.29, 1.82) is 0 Å². The van der Waals surface area contributed by atoms with Gasteiger partial charge in [0.2, 0.25) is 5.88 Å². The first-order valence-electron chi connectivity index (χ1n) is 8.56. The molecular weight excluding hydrogens is 260 g/mol. The van der Waals surface area contributed by atoms with Crippen molar-refractivity contribution in [3.05, 3.63) is 23.4 Å². The van der Waals surface area contributed by atoms with Gasteiger partial charge in [-0.25, -0.2) is 4.98 Å². The van der Waals surface area contributed by atoms with Gasteiger partial charge >= 0.3 is 0 Å². The monoisotopic (exact) mass is 290 g/mol. The Morgan fingerprint density at radius 3 is 2.86 bits per heavy atom. The number of pyridine rings is 1. The van der Waals surface area contributed by atoms with Crippen LogP contribution in [0.15, 0.2) is 12.1 Å². The van der Waals surface area contributed by atoms with E-state index in [1.165, 1.54) is 37.7 Å². The van der Waals surface area contributed by atoms with E-state index in [-0.39, 0.29) is 0 Å². The first-order valence-corrected chi connectivity index (χ1v) is 8.56. The summed E-state index contributed by atoms with van der Waals surface area (Å²) in [6, 6.07) is 4.30. The van der Waals surface area contributed by atoms with Crippen molar-refractivity contribution in [2.24, 2.45) is 5.92 Å². The molecule has 2 unspecified atom stereocenters. The van der Waals surface area contributed by atoms with Gasteiger partial charge in [0.05, 0.1) is 0 Å². The van der Waals surface area contributed by atoms with Crippen molar-refractivity contribution in [3.8, 4) is 5.88 Å². The van der Waals surface area contributed by atoms with E-state index in [0.29, 0.717) is 6.10 Å². The zero-order valence-corrected chi connectivity index (χ0v) is 13.8. The van der Waals surface area contributed by atoms with Crippen molar-refractivity contribution in [1.82, 2.24) is 10.3 Å². The third kappa shape index (κ3) is 4.99. The quantitative estimate of drug-likeness (QED) is 0.821. The molecule has 1 aromatic rings. The normalized spacial score (nSPS) is 22.2. The number of rotatable bonds is 7. The fourth-order valence-corrected chi connectivity index (χ4v) is 3.26. The summed E-state index contributed by atoms with van der Waals surface area (Å²) < 4.78 is 6.22. The van der Waals surface area contributed by atoms with E-state index < -0.39 is 0 Å². The summed E-state index contributed by atoms with van der Waals surface area (Å²) in [5, 5.41) is 3.22. The Labute approximate surface area is 129 Å². The van der Waals surface area contributed by atoms with Gasteiger partial charge < -0.3 is 10.1 Å². The highest BCUT2D eigenvalue weighted by molar-refractivity contribution is 5.25. The van der Waals surface area contributed by atoms with Gasteiger partial charge in [-0.1, -0.05) is 33.1 Å². The Hall–Kier alpha value is -1.09. The Morgan fingerprint density at radius 2 is 2.14 bits per heavy atom. The van der Waals surface area contributed by atoms with Gasteiger partial charge in [0, 0.05) is 18.3 Å². The lowest BCUT2D eigenvalue weighted by molar-refractivity contribution is 0.117. The molecule has 2 rings (SSSR count). The molecule has 1 heterocycles. The predicted molar refractivity (Wildman–Crippen MR) is 87.7 cm³/mol. The highest BCUT2D eigenvalue weighted by Gasteiger charge is 2.22. The average Bonchev–Trinajstić information content (AvgIpc) is 2.48. The van der Waals surface area contributed by atoms with Crippen molar-refractivity contribution in [3.63, 3.8) is 0 Å². The largest absolute Gasteiger partial charge is 0.474 e. The lowest BCUT2D eigenvalue weighted by Gasteiger charge is -2.28. The molecule has 21 heavy (non-hydrogen) atoms. The van der Waals surface area contributed by atoms with Crippen LogP contribution in [0.4, 0.5) is 0 Å². The molecule has 2 atom stereocenters. The summed E-state index contributed by atoms with van der Waals surface area (Å²) in [5.41, 5.74) is 2.43. The molecule has 1 fully saturated rings. The third-order valence-electron chi connectivity index (χ3n) is 4.40. The first-order chi connectivity index (χ1) is 10.2. The van der Waals surface area contributed by atoms with Gasteiger partial charge in [-0.05, 0) is 50.3 Å². The second kappa shape index (κ2) is 8.38. The Kier molecular flexibility index (Phi) is 6.50. The minimum Gasteiger partial charge on any atom is -0.474 e. The van der Waals surface area contributed by atoms with Crippen LogP contribution in [-0.4, -0.2) is 18.1 Å². The van der Waals surface area contributed by atoms with Crippen LogP contribution in [0.1, 0.15) is 63.6 Å². The molecule has 3 heteroatoms. The van der Waals surface area contributed by atoms with E-state index in [9.17, 15) is 0 Å². The number of aryl methyl sites for hydroxylation is 1. The summed E-state index contributed by atoms with van der Waals surface area (Å²) in [4.78, 5) is 4.70. The highest BCUT2D eigenvalue weighted by Crippen LogP contribution is 2.29. The Morgan fingerprint density at radius 1 is 1.29 bits per heavy atom. The zero-order chi connectivity index (χ0) is 15.1. The van der Waals surface area contributed by atoms with Crippen LogP contribution < -0.4 is 10.1 Å². The number of nitrogens with zero attached hydrogens (tertiary/aromatic N) is 1. The molecule has 0 spiro atoms. The maximum absolute atomic E-state index is 6.22. The van der Waals surface area contributed by atoms with E-state index in [1.807, 2.05) is 7.05 Å². The molecule has 118 valence electrons. The Balaban J connectivity index is 2.06. The average molecular weight is 290 g/mol. The lowest BCUT2D eigenvalue weighted by atomic mass is 9.85. The number of hydrogen-bond donors (Lipinski definition) is 1. The zero-order valence-electron chi connectivity index (χ0n) is 13.8. The van der Waals surface area contributed by atoms with Gasteiger partial charge in [-0.15, -0.1) is 0 Å². The molecule has 0 bridgehead atoms. The second-order valence-electron chi connectivity index (χ2n) is 6.27. The van der Waals surface area contributed by atoms with Gasteiger partial charge in [-0.2, -0.15) is 0 Å². The molecule has 0 saturated heterocycles. The maximum Gasteiger partial charge on any atom is 0.214 e. The number of hydrogen-bond acceptors (Lipinski definition) is 3.